The standard InChI is InChI=1S/C20H37N5S.HI/c1-6-21-20(22-11-14-25(16(2)3)17(4)5)23-18-9-12-24(13-10-18)19-8-7-15-26-19;/h7-8,15-18H,6,9-14H2,1-5H3,(H2,21,22,23);1H. The number of rotatable bonds is 8. The number of piperidine rings is 1. The minimum absolute atomic E-state index is 0. The average Bonchev–Trinajstić information content (AvgIpc) is 3.13. The topological polar surface area (TPSA) is 42.9 Å². The molecule has 5 nitrogen and oxygen atoms in total. The van der Waals surface area contributed by atoms with E-state index in [4.69, 9.17) is 4.99 Å². The van der Waals surface area contributed by atoms with E-state index in [-0.39, 0.29) is 24.0 Å². The van der Waals surface area contributed by atoms with Crippen LogP contribution in [0.2, 0.25) is 0 Å². The van der Waals surface area contributed by atoms with Crippen LogP contribution in [0.5, 0.6) is 0 Å². The summed E-state index contributed by atoms with van der Waals surface area (Å²) in [4.78, 5) is 9.81. The average molecular weight is 508 g/mol. The molecule has 1 aromatic rings. The van der Waals surface area contributed by atoms with E-state index in [0.717, 1.165) is 51.5 Å². The van der Waals surface area contributed by atoms with Gasteiger partial charge in [-0.05, 0) is 65.0 Å². The highest BCUT2D eigenvalue weighted by Crippen LogP contribution is 2.24. The molecule has 0 atom stereocenters. The lowest BCUT2D eigenvalue weighted by atomic mass is 10.1. The van der Waals surface area contributed by atoms with E-state index in [0.29, 0.717) is 18.1 Å². The molecule has 0 unspecified atom stereocenters. The van der Waals surface area contributed by atoms with E-state index < -0.39 is 0 Å². The second kappa shape index (κ2) is 12.8. The van der Waals surface area contributed by atoms with Gasteiger partial charge in [-0.3, -0.25) is 9.89 Å². The number of guanidine groups is 1. The molecular weight excluding hydrogens is 469 g/mol. The molecule has 2 N–H and O–H groups in total. The third kappa shape index (κ3) is 8.15. The molecule has 1 saturated heterocycles. The smallest absolute Gasteiger partial charge is 0.191 e. The van der Waals surface area contributed by atoms with Crippen molar-refractivity contribution in [3.8, 4) is 0 Å². The number of nitrogens with zero attached hydrogens (tertiary/aromatic N) is 3. The Morgan fingerprint density at radius 3 is 2.44 bits per heavy atom. The van der Waals surface area contributed by atoms with Crippen molar-refractivity contribution in [2.75, 3.05) is 37.6 Å². The molecule has 1 aliphatic rings. The zero-order valence-corrected chi connectivity index (χ0v) is 20.7. The molecule has 1 fully saturated rings. The van der Waals surface area contributed by atoms with Gasteiger partial charge < -0.3 is 15.5 Å². The predicted molar refractivity (Wildman–Crippen MR) is 131 cm³/mol. The van der Waals surface area contributed by atoms with Crippen molar-refractivity contribution in [1.82, 2.24) is 15.5 Å². The van der Waals surface area contributed by atoms with Crippen LogP contribution in [0.3, 0.4) is 0 Å². The lowest BCUT2D eigenvalue weighted by molar-refractivity contribution is 0.181. The van der Waals surface area contributed by atoms with Crippen LogP contribution in [-0.2, 0) is 0 Å². The van der Waals surface area contributed by atoms with Gasteiger partial charge in [-0.2, -0.15) is 0 Å². The molecular formula is C20H38IN5S. The molecule has 0 spiro atoms. The summed E-state index contributed by atoms with van der Waals surface area (Å²) in [7, 11) is 0. The van der Waals surface area contributed by atoms with Gasteiger partial charge in [0.25, 0.3) is 0 Å². The van der Waals surface area contributed by atoms with E-state index >= 15 is 0 Å². The minimum Gasteiger partial charge on any atom is -0.363 e. The number of hydrogen-bond donors (Lipinski definition) is 2. The van der Waals surface area contributed by atoms with Gasteiger partial charge in [-0.15, -0.1) is 35.3 Å². The summed E-state index contributed by atoms with van der Waals surface area (Å²) >= 11 is 1.84. The second-order valence-electron chi connectivity index (χ2n) is 7.54. The zero-order valence-electron chi connectivity index (χ0n) is 17.6. The Labute approximate surface area is 187 Å². The fourth-order valence-electron chi connectivity index (χ4n) is 3.60. The summed E-state index contributed by atoms with van der Waals surface area (Å²) in [5.74, 6) is 0.967. The molecule has 7 heteroatoms. The Morgan fingerprint density at radius 2 is 1.93 bits per heavy atom. The predicted octanol–water partition coefficient (Wildman–Crippen LogP) is 4.01. The van der Waals surface area contributed by atoms with E-state index in [1.807, 2.05) is 11.3 Å². The summed E-state index contributed by atoms with van der Waals surface area (Å²) in [6, 6.07) is 5.98. The molecule has 0 aliphatic carbocycles. The molecule has 27 heavy (non-hydrogen) atoms. The summed E-state index contributed by atoms with van der Waals surface area (Å²) in [6.07, 6.45) is 2.32. The van der Waals surface area contributed by atoms with Crippen molar-refractivity contribution in [3.05, 3.63) is 17.5 Å². The highest BCUT2D eigenvalue weighted by Gasteiger charge is 2.20. The van der Waals surface area contributed by atoms with E-state index in [2.05, 4.69) is 72.6 Å². The zero-order chi connectivity index (χ0) is 18.9. The van der Waals surface area contributed by atoms with Crippen molar-refractivity contribution >= 4 is 46.3 Å². The van der Waals surface area contributed by atoms with Gasteiger partial charge in [0.1, 0.15) is 0 Å². The maximum absolute atomic E-state index is 4.82. The summed E-state index contributed by atoms with van der Waals surface area (Å²) < 4.78 is 0. The van der Waals surface area contributed by atoms with Gasteiger partial charge >= 0.3 is 0 Å². The molecule has 0 saturated carbocycles. The first-order valence-corrected chi connectivity index (χ1v) is 11.0. The van der Waals surface area contributed by atoms with Crippen LogP contribution < -0.4 is 15.5 Å². The highest BCUT2D eigenvalue weighted by atomic mass is 127. The van der Waals surface area contributed by atoms with Crippen LogP contribution in [-0.4, -0.2) is 61.7 Å². The largest absolute Gasteiger partial charge is 0.363 e. The molecule has 2 heterocycles. The summed E-state index contributed by atoms with van der Waals surface area (Å²) in [5.41, 5.74) is 0. The minimum atomic E-state index is 0. The second-order valence-corrected chi connectivity index (χ2v) is 8.47. The normalized spacial score (nSPS) is 16.1. The molecule has 1 aliphatic heterocycles. The number of aliphatic imine (C=N–C) groups is 1. The third-order valence-electron chi connectivity index (χ3n) is 4.95. The molecule has 0 aromatic carbocycles. The van der Waals surface area contributed by atoms with Gasteiger partial charge in [-0.25, -0.2) is 0 Å². The Bertz CT molecular complexity index is 516. The lowest BCUT2D eigenvalue weighted by Gasteiger charge is -2.33. The van der Waals surface area contributed by atoms with E-state index in [9.17, 15) is 0 Å². The summed E-state index contributed by atoms with van der Waals surface area (Å²) in [6.45, 7) is 16.1. The summed E-state index contributed by atoms with van der Waals surface area (Å²) in [5, 5.41) is 10.6. The number of thiophene rings is 1. The SMILES string of the molecule is CCNC(=NCCN(C(C)C)C(C)C)NC1CCN(c2cccs2)CC1.I. The van der Waals surface area contributed by atoms with Gasteiger partial charge in [0.05, 0.1) is 11.5 Å². The molecule has 0 radical (unpaired) electrons. The van der Waals surface area contributed by atoms with Crippen molar-refractivity contribution in [2.24, 2.45) is 4.99 Å². The Balaban J connectivity index is 0.00000364. The van der Waals surface area contributed by atoms with Crippen LogP contribution >= 0.6 is 35.3 Å². The Kier molecular flexibility index (Phi) is 11.6. The van der Waals surface area contributed by atoms with Crippen molar-refractivity contribution in [2.45, 2.75) is 65.6 Å². The Hall–Kier alpha value is -0.540. The quantitative estimate of drug-likeness (QED) is 0.317. The van der Waals surface area contributed by atoms with Gasteiger partial charge in [0.15, 0.2) is 5.96 Å². The first-order chi connectivity index (χ1) is 12.5. The van der Waals surface area contributed by atoms with Gasteiger partial charge in [-0.1, -0.05) is 0 Å². The van der Waals surface area contributed by atoms with Crippen LogP contribution in [0.25, 0.3) is 0 Å². The first kappa shape index (κ1) is 24.5. The maximum atomic E-state index is 4.82. The lowest BCUT2D eigenvalue weighted by Crippen LogP contribution is -2.49. The van der Waals surface area contributed by atoms with Crippen LogP contribution in [0.1, 0.15) is 47.5 Å². The van der Waals surface area contributed by atoms with Crippen molar-refractivity contribution in [3.63, 3.8) is 0 Å². The molecule has 2 rings (SSSR count). The fraction of sp³-hybridized carbons (Fsp3) is 0.750. The number of anilines is 1. The maximum Gasteiger partial charge on any atom is 0.191 e. The number of hydrogen-bond acceptors (Lipinski definition) is 4. The Morgan fingerprint density at radius 1 is 1.26 bits per heavy atom. The van der Waals surface area contributed by atoms with Gasteiger partial charge in [0.2, 0.25) is 0 Å². The monoisotopic (exact) mass is 507 g/mol. The van der Waals surface area contributed by atoms with Crippen LogP contribution in [0, 0.1) is 0 Å². The van der Waals surface area contributed by atoms with Crippen molar-refractivity contribution < 1.29 is 0 Å². The molecule has 1 aromatic heterocycles. The molecule has 0 bridgehead atoms. The first-order valence-electron chi connectivity index (χ1n) is 10.1. The number of halogens is 1. The van der Waals surface area contributed by atoms with Crippen LogP contribution in [0.15, 0.2) is 22.5 Å². The third-order valence-corrected chi connectivity index (χ3v) is 5.88. The number of nitrogens with one attached hydrogen (secondary N) is 2. The molecule has 156 valence electrons. The fourth-order valence-corrected chi connectivity index (χ4v) is 4.38. The van der Waals surface area contributed by atoms with Crippen LogP contribution in [0.4, 0.5) is 5.00 Å². The van der Waals surface area contributed by atoms with Gasteiger partial charge in [0, 0.05) is 44.3 Å². The highest BCUT2D eigenvalue weighted by molar-refractivity contribution is 14.0. The molecule has 0 amide bonds. The van der Waals surface area contributed by atoms with E-state index in [1.54, 1.807) is 0 Å². The van der Waals surface area contributed by atoms with Crippen molar-refractivity contribution in [1.29, 1.82) is 0 Å². The van der Waals surface area contributed by atoms with E-state index in [1.165, 1.54) is 5.00 Å².